The molecule has 0 bridgehead atoms. The summed E-state index contributed by atoms with van der Waals surface area (Å²) >= 11 is 3.33. The first kappa shape index (κ1) is 12.7. The lowest BCUT2D eigenvalue weighted by Crippen LogP contribution is -1.91. The molecule has 3 rings (SSSR count). The molecule has 100 valence electrons. The highest BCUT2D eigenvalue weighted by molar-refractivity contribution is 9.10. The van der Waals surface area contributed by atoms with E-state index in [1.807, 2.05) is 24.3 Å². The number of hydrogen-bond donors (Lipinski definition) is 2. The average molecular weight is 332 g/mol. The lowest BCUT2D eigenvalue weighted by molar-refractivity contribution is 0.474. The van der Waals surface area contributed by atoms with Crippen LogP contribution in [0.15, 0.2) is 56.5 Å². The Morgan fingerprint density at radius 3 is 2.95 bits per heavy atom. The average Bonchev–Trinajstić information content (AvgIpc) is 2.85. The van der Waals surface area contributed by atoms with Crippen molar-refractivity contribution in [1.29, 1.82) is 0 Å². The summed E-state index contributed by atoms with van der Waals surface area (Å²) in [5.41, 5.74) is 4.73. The van der Waals surface area contributed by atoms with Gasteiger partial charge in [0.2, 0.25) is 0 Å². The molecule has 0 saturated carbocycles. The minimum Gasteiger partial charge on any atom is -0.507 e. The molecule has 0 fully saturated rings. The second-order valence-electron chi connectivity index (χ2n) is 4.06. The van der Waals surface area contributed by atoms with E-state index in [4.69, 9.17) is 4.42 Å². The third kappa shape index (κ3) is 2.65. The van der Waals surface area contributed by atoms with Crippen molar-refractivity contribution in [3.63, 3.8) is 0 Å². The predicted octanol–water partition coefficient (Wildman–Crippen LogP) is 3.74. The van der Waals surface area contributed by atoms with Crippen molar-refractivity contribution in [1.82, 2.24) is 4.98 Å². The Hall–Kier alpha value is -2.34. The van der Waals surface area contributed by atoms with E-state index in [0.717, 1.165) is 9.99 Å². The fourth-order valence-electron chi connectivity index (χ4n) is 1.71. The Morgan fingerprint density at radius 1 is 1.25 bits per heavy atom. The largest absolute Gasteiger partial charge is 0.507 e. The van der Waals surface area contributed by atoms with Gasteiger partial charge in [-0.15, -0.1) is 0 Å². The van der Waals surface area contributed by atoms with Gasteiger partial charge < -0.3 is 9.52 Å². The number of benzene rings is 2. The van der Waals surface area contributed by atoms with E-state index in [2.05, 4.69) is 31.4 Å². The second kappa shape index (κ2) is 5.34. The first-order valence-electron chi connectivity index (χ1n) is 5.85. The van der Waals surface area contributed by atoms with E-state index in [0.29, 0.717) is 17.2 Å². The van der Waals surface area contributed by atoms with Crippen molar-refractivity contribution >= 4 is 39.3 Å². The number of anilines is 1. The monoisotopic (exact) mass is 331 g/mol. The molecule has 0 saturated heterocycles. The maximum Gasteiger partial charge on any atom is 0.316 e. The van der Waals surface area contributed by atoms with Gasteiger partial charge in [-0.1, -0.05) is 28.1 Å². The lowest BCUT2D eigenvalue weighted by Gasteiger charge is -1.98. The number of oxazole rings is 1. The highest BCUT2D eigenvalue weighted by Crippen LogP contribution is 2.21. The van der Waals surface area contributed by atoms with Crippen LogP contribution in [0.3, 0.4) is 0 Å². The predicted molar refractivity (Wildman–Crippen MR) is 81.0 cm³/mol. The highest BCUT2D eigenvalue weighted by Gasteiger charge is 2.03. The normalized spacial score (nSPS) is 11.2. The zero-order valence-corrected chi connectivity index (χ0v) is 11.8. The number of para-hydroxylation sites is 2. The first-order chi connectivity index (χ1) is 9.72. The van der Waals surface area contributed by atoms with Crippen LogP contribution in [0.2, 0.25) is 0 Å². The summed E-state index contributed by atoms with van der Waals surface area (Å²) < 4.78 is 6.31. The zero-order chi connectivity index (χ0) is 13.9. The summed E-state index contributed by atoms with van der Waals surface area (Å²) in [6.07, 6.45) is 1.50. The van der Waals surface area contributed by atoms with Gasteiger partial charge in [-0.05, 0) is 30.3 Å². The van der Waals surface area contributed by atoms with Crippen molar-refractivity contribution in [2.75, 3.05) is 5.43 Å². The molecule has 5 nitrogen and oxygen atoms in total. The van der Waals surface area contributed by atoms with Gasteiger partial charge in [-0.25, -0.2) is 5.43 Å². The maximum atomic E-state index is 9.67. The molecule has 0 unspecified atom stereocenters. The minimum absolute atomic E-state index is 0.149. The molecule has 1 aromatic heterocycles. The number of fused-ring (bicyclic) bond motifs is 1. The number of nitrogens with one attached hydrogen (secondary N) is 1. The van der Waals surface area contributed by atoms with Crippen LogP contribution in [0.4, 0.5) is 6.01 Å². The summed E-state index contributed by atoms with van der Waals surface area (Å²) in [5.74, 6) is 0.149. The van der Waals surface area contributed by atoms with E-state index in [1.54, 1.807) is 18.2 Å². The van der Waals surface area contributed by atoms with Gasteiger partial charge in [0.25, 0.3) is 0 Å². The summed E-state index contributed by atoms with van der Waals surface area (Å²) in [4.78, 5) is 4.22. The zero-order valence-electron chi connectivity index (χ0n) is 10.2. The number of nitrogens with zero attached hydrogens (tertiary/aromatic N) is 2. The van der Waals surface area contributed by atoms with Gasteiger partial charge in [0.15, 0.2) is 5.58 Å². The number of halogens is 1. The van der Waals surface area contributed by atoms with Gasteiger partial charge in [-0.3, -0.25) is 0 Å². The molecule has 0 aliphatic heterocycles. The van der Waals surface area contributed by atoms with Crippen LogP contribution in [0.1, 0.15) is 5.56 Å². The fraction of sp³-hybridized carbons (Fsp3) is 0. The number of phenolic OH excluding ortho intramolecular Hbond substituents is 1. The molecule has 6 heteroatoms. The molecule has 0 radical (unpaired) electrons. The van der Waals surface area contributed by atoms with Crippen LogP contribution in [0.25, 0.3) is 11.1 Å². The molecular formula is C14H10BrN3O2. The molecule has 3 aromatic rings. The van der Waals surface area contributed by atoms with E-state index >= 15 is 0 Å². The van der Waals surface area contributed by atoms with Crippen molar-refractivity contribution in [2.24, 2.45) is 5.10 Å². The number of aromatic hydroxyl groups is 1. The van der Waals surface area contributed by atoms with E-state index in [9.17, 15) is 5.11 Å². The minimum atomic E-state index is 0.149. The smallest absolute Gasteiger partial charge is 0.316 e. The maximum absolute atomic E-state index is 9.67. The molecule has 2 N–H and O–H groups in total. The Bertz CT molecular complexity index is 750. The summed E-state index contributed by atoms with van der Waals surface area (Å²) in [7, 11) is 0. The fourth-order valence-corrected chi connectivity index (χ4v) is 2.08. The number of hydrazone groups is 1. The molecular weight excluding hydrogens is 322 g/mol. The van der Waals surface area contributed by atoms with Gasteiger partial charge >= 0.3 is 6.01 Å². The SMILES string of the molecule is Oc1ccc(Br)cc1/C=N\Nc1nc2ccccc2o1. The van der Waals surface area contributed by atoms with E-state index < -0.39 is 0 Å². The van der Waals surface area contributed by atoms with E-state index in [-0.39, 0.29) is 5.75 Å². The number of hydrogen-bond acceptors (Lipinski definition) is 5. The van der Waals surface area contributed by atoms with Gasteiger partial charge in [-0.2, -0.15) is 10.1 Å². The van der Waals surface area contributed by atoms with E-state index in [1.165, 1.54) is 6.21 Å². The molecule has 0 aliphatic carbocycles. The lowest BCUT2D eigenvalue weighted by atomic mass is 10.2. The standard InChI is InChI=1S/C14H10BrN3O2/c15-10-5-6-12(19)9(7-10)8-16-18-14-17-11-3-1-2-4-13(11)20-14/h1-8,19H,(H,17,18)/b16-8-. The number of rotatable bonds is 3. The molecule has 20 heavy (non-hydrogen) atoms. The third-order valence-electron chi connectivity index (χ3n) is 2.65. The summed E-state index contributed by atoms with van der Waals surface area (Å²) in [5, 5.41) is 13.7. The molecule has 0 aliphatic rings. The van der Waals surface area contributed by atoms with Crippen LogP contribution >= 0.6 is 15.9 Å². The molecule has 2 aromatic carbocycles. The van der Waals surface area contributed by atoms with Crippen LogP contribution in [0.5, 0.6) is 5.75 Å². The van der Waals surface area contributed by atoms with Gasteiger partial charge in [0.1, 0.15) is 11.3 Å². The van der Waals surface area contributed by atoms with Crippen molar-refractivity contribution in [3.05, 3.63) is 52.5 Å². The summed E-state index contributed by atoms with van der Waals surface area (Å²) in [6.45, 7) is 0. The van der Waals surface area contributed by atoms with Crippen molar-refractivity contribution in [2.45, 2.75) is 0 Å². The third-order valence-corrected chi connectivity index (χ3v) is 3.14. The van der Waals surface area contributed by atoms with Gasteiger partial charge in [0.05, 0.1) is 6.21 Å². The Balaban J connectivity index is 1.78. The van der Waals surface area contributed by atoms with Crippen molar-refractivity contribution < 1.29 is 9.52 Å². The first-order valence-corrected chi connectivity index (χ1v) is 6.65. The second-order valence-corrected chi connectivity index (χ2v) is 4.98. The Morgan fingerprint density at radius 2 is 2.10 bits per heavy atom. The molecule has 0 atom stereocenters. The topological polar surface area (TPSA) is 70.7 Å². The number of phenols is 1. The van der Waals surface area contributed by atoms with Crippen LogP contribution < -0.4 is 5.43 Å². The van der Waals surface area contributed by atoms with Gasteiger partial charge in [0, 0.05) is 10.0 Å². The Kier molecular flexibility index (Phi) is 3.39. The van der Waals surface area contributed by atoms with Crippen LogP contribution in [-0.4, -0.2) is 16.3 Å². The Labute approximate surface area is 123 Å². The van der Waals surface area contributed by atoms with Crippen molar-refractivity contribution in [3.8, 4) is 5.75 Å². The molecule has 0 amide bonds. The summed E-state index contributed by atoms with van der Waals surface area (Å²) in [6, 6.07) is 12.8. The number of aromatic nitrogens is 1. The highest BCUT2D eigenvalue weighted by atomic mass is 79.9. The molecule has 0 spiro atoms. The van der Waals surface area contributed by atoms with Crippen LogP contribution in [-0.2, 0) is 0 Å². The molecule has 1 heterocycles. The quantitative estimate of drug-likeness (QED) is 0.566. The van der Waals surface area contributed by atoms with Crippen LogP contribution in [0, 0.1) is 0 Å².